The summed E-state index contributed by atoms with van der Waals surface area (Å²) in [5.74, 6) is 2.99. The molecule has 3 nitrogen and oxygen atoms in total. The molecule has 0 aromatic heterocycles. The molecule has 0 aromatic carbocycles. The number of nitrogens with two attached hydrogens (primary N) is 1. The van der Waals surface area contributed by atoms with Crippen LogP contribution in [0, 0.1) is 5.92 Å². The third kappa shape index (κ3) is 3.68. The lowest BCUT2D eigenvalue weighted by atomic mass is 10.1. The van der Waals surface area contributed by atoms with Crippen LogP contribution in [0.5, 0.6) is 0 Å². The van der Waals surface area contributed by atoms with Gasteiger partial charge in [-0.3, -0.25) is 4.79 Å². The van der Waals surface area contributed by atoms with Gasteiger partial charge >= 0.3 is 0 Å². The Morgan fingerprint density at radius 1 is 1.67 bits per heavy atom. The first-order valence-corrected chi connectivity index (χ1v) is 6.91. The second-order valence-electron chi connectivity index (χ2n) is 4.19. The predicted octanol–water partition coefficient (Wildman–Crippen LogP) is 1.33. The molecule has 1 fully saturated rings. The molecule has 0 spiro atoms. The summed E-state index contributed by atoms with van der Waals surface area (Å²) in [7, 11) is 0. The first-order valence-electron chi connectivity index (χ1n) is 5.76. The summed E-state index contributed by atoms with van der Waals surface area (Å²) in [4.78, 5) is 13.7. The fourth-order valence-electron chi connectivity index (χ4n) is 1.95. The van der Waals surface area contributed by atoms with Crippen molar-refractivity contribution in [3.63, 3.8) is 0 Å². The molecule has 1 aliphatic heterocycles. The van der Waals surface area contributed by atoms with Gasteiger partial charge in [0.25, 0.3) is 0 Å². The Morgan fingerprint density at radius 3 is 2.93 bits per heavy atom. The minimum Gasteiger partial charge on any atom is -0.340 e. The Bertz CT molecular complexity index is 211. The minimum atomic E-state index is 0.291. The first kappa shape index (κ1) is 12.8. The quantitative estimate of drug-likeness (QED) is 0.700. The number of rotatable bonds is 6. The summed E-state index contributed by atoms with van der Waals surface area (Å²) in [6, 6.07) is 0.382. The SMILES string of the molecule is CCSCCC(C)N1CC(CN)CC1=O. The van der Waals surface area contributed by atoms with Crippen LogP contribution in [0.3, 0.4) is 0 Å². The molecular formula is C11H22N2OS. The third-order valence-electron chi connectivity index (χ3n) is 2.99. The summed E-state index contributed by atoms with van der Waals surface area (Å²) >= 11 is 1.94. The van der Waals surface area contributed by atoms with E-state index in [1.54, 1.807) is 0 Å². The zero-order valence-electron chi connectivity index (χ0n) is 9.74. The van der Waals surface area contributed by atoms with Crippen LogP contribution in [0.4, 0.5) is 0 Å². The first-order chi connectivity index (χ1) is 7.19. The molecule has 0 aliphatic carbocycles. The lowest BCUT2D eigenvalue weighted by Crippen LogP contribution is -2.35. The van der Waals surface area contributed by atoms with Gasteiger partial charge in [-0.1, -0.05) is 6.92 Å². The van der Waals surface area contributed by atoms with Gasteiger partial charge in [0, 0.05) is 19.0 Å². The van der Waals surface area contributed by atoms with Crippen molar-refractivity contribution < 1.29 is 4.79 Å². The number of nitrogens with zero attached hydrogens (tertiary/aromatic N) is 1. The van der Waals surface area contributed by atoms with Crippen LogP contribution < -0.4 is 5.73 Å². The number of hydrogen-bond acceptors (Lipinski definition) is 3. The maximum Gasteiger partial charge on any atom is 0.223 e. The fourth-order valence-corrected chi connectivity index (χ4v) is 2.74. The number of hydrogen-bond donors (Lipinski definition) is 1. The zero-order chi connectivity index (χ0) is 11.3. The van der Waals surface area contributed by atoms with Crippen LogP contribution in [-0.4, -0.2) is 41.4 Å². The highest BCUT2D eigenvalue weighted by Crippen LogP contribution is 2.21. The van der Waals surface area contributed by atoms with E-state index in [0.717, 1.165) is 24.5 Å². The Kier molecular flexibility index (Phi) is 5.47. The van der Waals surface area contributed by atoms with Crippen LogP contribution in [-0.2, 0) is 4.79 Å². The van der Waals surface area contributed by atoms with E-state index in [1.165, 1.54) is 0 Å². The molecule has 1 heterocycles. The van der Waals surface area contributed by atoms with E-state index in [9.17, 15) is 4.79 Å². The smallest absolute Gasteiger partial charge is 0.223 e. The van der Waals surface area contributed by atoms with Gasteiger partial charge in [0.2, 0.25) is 5.91 Å². The fraction of sp³-hybridized carbons (Fsp3) is 0.909. The molecule has 1 amide bonds. The van der Waals surface area contributed by atoms with Crippen molar-refractivity contribution in [1.29, 1.82) is 0 Å². The molecule has 15 heavy (non-hydrogen) atoms. The molecule has 2 unspecified atom stereocenters. The number of amides is 1. The number of thioether (sulfide) groups is 1. The van der Waals surface area contributed by atoms with Crippen molar-refractivity contribution in [2.45, 2.75) is 32.7 Å². The summed E-state index contributed by atoms with van der Waals surface area (Å²) in [5, 5.41) is 0. The van der Waals surface area contributed by atoms with Gasteiger partial charge < -0.3 is 10.6 Å². The van der Waals surface area contributed by atoms with E-state index in [0.29, 0.717) is 30.8 Å². The van der Waals surface area contributed by atoms with Gasteiger partial charge in [0.05, 0.1) is 0 Å². The van der Waals surface area contributed by atoms with Crippen LogP contribution >= 0.6 is 11.8 Å². The van der Waals surface area contributed by atoms with Gasteiger partial charge in [-0.2, -0.15) is 11.8 Å². The Balaban J connectivity index is 2.32. The highest BCUT2D eigenvalue weighted by Gasteiger charge is 2.31. The predicted molar refractivity (Wildman–Crippen MR) is 66.0 cm³/mol. The minimum absolute atomic E-state index is 0.291. The zero-order valence-corrected chi connectivity index (χ0v) is 10.6. The second-order valence-corrected chi connectivity index (χ2v) is 5.58. The standard InChI is InChI=1S/C11H22N2OS/c1-3-15-5-4-9(2)13-8-10(7-12)6-11(13)14/h9-10H,3-8,12H2,1-2H3. The molecule has 1 aliphatic rings. The molecular weight excluding hydrogens is 208 g/mol. The van der Waals surface area contributed by atoms with E-state index in [1.807, 2.05) is 16.7 Å². The van der Waals surface area contributed by atoms with Gasteiger partial charge in [0.15, 0.2) is 0 Å². The number of carbonyl (C=O) groups excluding carboxylic acids is 1. The van der Waals surface area contributed by atoms with Crippen molar-refractivity contribution in [2.24, 2.45) is 11.7 Å². The molecule has 2 atom stereocenters. The van der Waals surface area contributed by atoms with E-state index < -0.39 is 0 Å². The summed E-state index contributed by atoms with van der Waals surface area (Å²) in [6.45, 7) is 5.82. The maximum absolute atomic E-state index is 11.7. The van der Waals surface area contributed by atoms with Crippen LogP contribution in [0.25, 0.3) is 0 Å². The highest BCUT2D eigenvalue weighted by molar-refractivity contribution is 7.99. The summed E-state index contributed by atoms with van der Waals surface area (Å²) in [5.41, 5.74) is 5.60. The summed E-state index contributed by atoms with van der Waals surface area (Å²) < 4.78 is 0. The van der Waals surface area contributed by atoms with Gasteiger partial charge in [-0.25, -0.2) is 0 Å². The molecule has 0 bridgehead atoms. The highest BCUT2D eigenvalue weighted by atomic mass is 32.2. The van der Waals surface area contributed by atoms with Crippen LogP contribution in [0.1, 0.15) is 26.7 Å². The van der Waals surface area contributed by atoms with Gasteiger partial charge in [0.1, 0.15) is 0 Å². The maximum atomic E-state index is 11.7. The molecule has 0 saturated carbocycles. The van der Waals surface area contributed by atoms with Crippen LogP contribution in [0.2, 0.25) is 0 Å². The molecule has 1 rings (SSSR count). The van der Waals surface area contributed by atoms with E-state index in [4.69, 9.17) is 5.73 Å². The van der Waals surface area contributed by atoms with Crippen molar-refractivity contribution in [1.82, 2.24) is 4.90 Å². The van der Waals surface area contributed by atoms with Gasteiger partial charge in [-0.05, 0) is 37.3 Å². The van der Waals surface area contributed by atoms with E-state index in [2.05, 4.69) is 13.8 Å². The Labute approximate surface area is 96.8 Å². The van der Waals surface area contributed by atoms with E-state index >= 15 is 0 Å². The van der Waals surface area contributed by atoms with Crippen molar-refractivity contribution in [3.8, 4) is 0 Å². The van der Waals surface area contributed by atoms with Crippen LogP contribution in [0.15, 0.2) is 0 Å². The molecule has 4 heteroatoms. The molecule has 0 radical (unpaired) electrons. The molecule has 0 aromatic rings. The number of carbonyl (C=O) groups is 1. The Morgan fingerprint density at radius 2 is 2.40 bits per heavy atom. The largest absolute Gasteiger partial charge is 0.340 e. The lowest BCUT2D eigenvalue weighted by molar-refractivity contribution is -0.129. The molecule has 1 saturated heterocycles. The van der Waals surface area contributed by atoms with Crippen molar-refractivity contribution >= 4 is 17.7 Å². The lowest BCUT2D eigenvalue weighted by Gasteiger charge is -2.24. The Hall–Kier alpha value is -0.220. The average molecular weight is 230 g/mol. The molecule has 88 valence electrons. The summed E-state index contributed by atoms with van der Waals surface area (Å²) in [6.07, 6.45) is 1.75. The second kappa shape index (κ2) is 6.38. The van der Waals surface area contributed by atoms with Crippen molar-refractivity contribution in [3.05, 3.63) is 0 Å². The average Bonchev–Trinajstić information content (AvgIpc) is 2.60. The van der Waals surface area contributed by atoms with Gasteiger partial charge in [-0.15, -0.1) is 0 Å². The monoisotopic (exact) mass is 230 g/mol. The number of likely N-dealkylation sites (tertiary alicyclic amines) is 1. The normalized spacial score (nSPS) is 23.5. The molecule has 2 N–H and O–H groups in total. The topological polar surface area (TPSA) is 46.3 Å². The van der Waals surface area contributed by atoms with E-state index in [-0.39, 0.29) is 0 Å². The third-order valence-corrected chi connectivity index (χ3v) is 3.92. The van der Waals surface area contributed by atoms with Crippen molar-refractivity contribution in [2.75, 3.05) is 24.6 Å².